The molecule has 1 aromatic heterocycles. The van der Waals surface area contributed by atoms with E-state index in [1.807, 2.05) is 12.3 Å². The first-order valence-electron chi connectivity index (χ1n) is 10.8. The van der Waals surface area contributed by atoms with Crippen LogP contribution >= 0.6 is 0 Å². The minimum absolute atomic E-state index is 0.350. The van der Waals surface area contributed by atoms with Crippen LogP contribution in [0.1, 0.15) is 63.5 Å². The van der Waals surface area contributed by atoms with Crippen molar-refractivity contribution in [3.8, 4) is 0 Å². The molecule has 1 saturated carbocycles. The number of carboxylic acids is 1. The number of anilines is 1. The summed E-state index contributed by atoms with van der Waals surface area (Å²) in [7, 11) is 0. The first-order valence-corrected chi connectivity index (χ1v) is 10.8. The van der Waals surface area contributed by atoms with Gasteiger partial charge in [0, 0.05) is 31.4 Å². The van der Waals surface area contributed by atoms with Crippen molar-refractivity contribution < 1.29 is 9.90 Å². The van der Waals surface area contributed by atoms with E-state index in [1.165, 1.54) is 16.8 Å². The van der Waals surface area contributed by atoms with Crippen LogP contribution < -0.4 is 4.90 Å². The molecule has 5 rings (SSSR count). The van der Waals surface area contributed by atoms with Gasteiger partial charge in [0.15, 0.2) is 0 Å². The molecule has 0 atom stereocenters. The Balaban J connectivity index is 1.39. The number of rotatable bonds is 6. The molecule has 1 aliphatic heterocycles. The molecule has 0 unspecified atom stereocenters. The highest BCUT2D eigenvalue weighted by Gasteiger charge is 2.26. The first-order chi connectivity index (χ1) is 14.7. The SMILES string of the molecule is O=C(O)c1cc(C2CC2)cnc1Cc1ccc2c(c1)CCCN2Cc1ccccc1. The Bertz CT molecular complexity index is 1070. The molecular weight excluding hydrogens is 372 g/mol. The van der Waals surface area contributed by atoms with E-state index < -0.39 is 5.97 Å². The van der Waals surface area contributed by atoms with E-state index in [4.69, 9.17) is 0 Å². The van der Waals surface area contributed by atoms with E-state index in [0.29, 0.717) is 23.6 Å². The van der Waals surface area contributed by atoms with E-state index in [0.717, 1.165) is 49.9 Å². The second-order valence-corrected chi connectivity index (χ2v) is 8.49. The molecule has 1 N–H and O–H groups in total. The lowest BCUT2D eigenvalue weighted by Gasteiger charge is -2.32. The number of aromatic carboxylic acids is 1. The highest BCUT2D eigenvalue weighted by molar-refractivity contribution is 5.89. The fraction of sp³-hybridized carbons (Fsp3) is 0.308. The molecule has 152 valence electrons. The number of hydrogen-bond acceptors (Lipinski definition) is 3. The van der Waals surface area contributed by atoms with Crippen LogP contribution in [-0.4, -0.2) is 22.6 Å². The van der Waals surface area contributed by atoms with Gasteiger partial charge < -0.3 is 10.0 Å². The maximum atomic E-state index is 11.8. The van der Waals surface area contributed by atoms with E-state index in [-0.39, 0.29) is 0 Å². The van der Waals surface area contributed by atoms with Gasteiger partial charge in [0.05, 0.1) is 11.3 Å². The Hall–Kier alpha value is -3.14. The number of nitrogens with zero attached hydrogens (tertiary/aromatic N) is 2. The molecule has 0 radical (unpaired) electrons. The van der Waals surface area contributed by atoms with Crippen molar-refractivity contribution in [2.75, 3.05) is 11.4 Å². The van der Waals surface area contributed by atoms with Gasteiger partial charge in [-0.25, -0.2) is 4.79 Å². The number of carbonyl (C=O) groups is 1. The van der Waals surface area contributed by atoms with Gasteiger partial charge in [-0.2, -0.15) is 0 Å². The summed E-state index contributed by atoms with van der Waals surface area (Å²) >= 11 is 0. The Morgan fingerprint density at radius 1 is 1.07 bits per heavy atom. The normalized spacial score (nSPS) is 15.7. The van der Waals surface area contributed by atoms with Gasteiger partial charge in [-0.15, -0.1) is 0 Å². The maximum Gasteiger partial charge on any atom is 0.337 e. The Kier molecular flexibility index (Phi) is 4.99. The van der Waals surface area contributed by atoms with Crippen molar-refractivity contribution in [1.82, 2.24) is 4.98 Å². The molecule has 2 aromatic carbocycles. The quantitative estimate of drug-likeness (QED) is 0.620. The molecule has 0 bridgehead atoms. The van der Waals surface area contributed by atoms with Gasteiger partial charge in [0.25, 0.3) is 0 Å². The first kappa shape index (κ1) is 18.9. The summed E-state index contributed by atoms with van der Waals surface area (Å²) in [5.41, 5.74) is 7.17. The maximum absolute atomic E-state index is 11.8. The van der Waals surface area contributed by atoms with E-state index >= 15 is 0 Å². The van der Waals surface area contributed by atoms with Crippen LogP contribution in [0.3, 0.4) is 0 Å². The number of hydrogen-bond donors (Lipinski definition) is 1. The van der Waals surface area contributed by atoms with E-state index in [9.17, 15) is 9.90 Å². The van der Waals surface area contributed by atoms with Gasteiger partial charge in [-0.3, -0.25) is 4.98 Å². The van der Waals surface area contributed by atoms with Gasteiger partial charge in [0.1, 0.15) is 0 Å². The van der Waals surface area contributed by atoms with Crippen LogP contribution in [0.4, 0.5) is 5.69 Å². The third-order valence-corrected chi connectivity index (χ3v) is 6.22. The van der Waals surface area contributed by atoms with Crippen LogP contribution in [0, 0.1) is 0 Å². The molecule has 3 aromatic rings. The predicted octanol–water partition coefficient (Wildman–Crippen LogP) is 5.20. The number of benzene rings is 2. The summed E-state index contributed by atoms with van der Waals surface area (Å²) < 4.78 is 0. The van der Waals surface area contributed by atoms with Crippen molar-refractivity contribution >= 4 is 11.7 Å². The van der Waals surface area contributed by atoms with Gasteiger partial charge in [-0.05, 0) is 66.0 Å². The number of carboxylic acid groups (broad SMARTS) is 1. The lowest BCUT2D eigenvalue weighted by molar-refractivity contribution is 0.0695. The van der Waals surface area contributed by atoms with Gasteiger partial charge in [-0.1, -0.05) is 42.5 Å². The molecule has 1 fully saturated rings. The van der Waals surface area contributed by atoms with Crippen LogP contribution in [0.5, 0.6) is 0 Å². The Labute approximate surface area is 177 Å². The van der Waals surface area contributed by atoms with Crippen LogP contribution in [0.2, 0.25) is 0 Å². The van der Waals surface area contributed by atoms with Crippen molar-refractivity contribution in [2.24, 2.45) is 0 Å². The Morgan fingerprint density at radius 3 is 2.67 bits per heavy atom. The second kappa shape index (κ2) is 7.94. The summed E-state index contributed by atoms with van der Waals surface area (Å²) in [5.74, 6) is -0.379. The molecule has 4 heteroatoms. The number of fused-ring (bicyclic) bond motifs is 1. The topological polar surface area (TPSA) is 53.4 Å². The van der Waals surface area contributed by atoms with Gasteiger partial charge in [0.2, 0.25) is 0 Å². The van der Waals surface area contributed by atoms with Crippen LogP contribution in [-0.2, 0) is 19.4 Å². The second-order valence-electron chi connectivity index (χ2n) is 8.49. The minimum atomic E-state index is -0.882. The largest absolute Gasteiger partial charge is 0.478 e. The molecule has 0 amide bonds. The zero-order valence-electron chi connectivity index (χ0n) is 17.1. The van der Waals surface area contributed by atoms with Gasteiger partial charge >= 0.3 is 5.97 Å². The summed E-state index contributed by atoms with van der Waals surface area (Å²) in [6.07, 6.45) is 6.92. The lowest BCUT2D eigenvalue weighted by atomic mass is 9.95. The number of pyridine rings is 1. The third-order valence-electron chi connectivity index (χ3n) is 6.22. The van der Waals surface area contributed by atoms with E-state index in [1.54, 1.807) is 0 Å². The monoisotopic (exact) mass is 398 g/mol. The number of aromatic nitrogens is 1. The fourth-order valence-electron chi connectivity index (χ4n) is 4.47. The molecule has 1 aliphatic carbocycles. The fourth-order valence-corrected chi connectivity index (χ4v) is 4.47. The predicted molar refractivity (Wildman–Crippen MR) is 118 cm³/mol. The van der Waals surface area contributed by atoms with Crippen molar-refractivity contribution in [3.63, 3.8) is 0 Å². The summed E-state index contributed by atoms with van der Waals surface area (Å²) in [6, 6.07) is 19.0. The van der Waals surface area contributed by atoms with Crippen molar-refractivity contribution in [2.45, 2.75) is 44.6 Å². The Morgan fingerprint density at radius 2 is 1.90 bits per heavy atom. The molecule has 2 heterocycles. The van der Waals surface area contributed by atoms with E-state index in [2.05, 4.69) is 58.4 Å². The van der Waals surface area contributed by atoms with Crippen molar-refractivity contribution in [1.29, 1.82) is 0 Å². The zero-order valence-corrected chi connectivity index (χ0v) is 17.1. The standard InChI is InChI=1S/C26H26N2O2/c29-26(30)23-15-22(20-9-10-20)16-27-24(23)14-19-8-11-25-21(13-19)7-4-12-28(25)17-18-5-2-1-3-6-18/h1-3,5-6,8,11,13,15-16,20H,4,7,9-10,12,14,17H2,(H,29,30). The molecule has 0 saturated heterocycles. The van der Waals surface area contributed by atoms with Crippen LogP contribution in [0.25, 0.3) is 0 Å². The number of aryl methyl sites for hydroxylation is 1. The highest BCUT2D eigenvalue weighted by Crippen LogP contribution is 2.40. The summed E-state index contributed by atoms with van der Waals surface area (Å²) in [5, 5.41) is 9.69. The molecule has 2 aliphatic rings. The smallest absolute Gasteiger partial charge is 0.337 e. The highest BCUT2D eigenvalue weighted by atomic mass is 16.4. The summed E-state index contributed by atoms with van der Waals surface area (Å²) in [4.78, 5) is 18.8. The van der Waals surface area contributed by atoms with Crippen LogP contribution in [0.15, 0.2) is 60.8 Å². The average molecular weight is 399 g/mol. The van der Waals surface area contributed by atoms with Crippen molar-refractivity contribution in [3.05, 3.63) is 94.3 Å². The molecule has 4 nitrogen and oxygen atoms in total. The molecular formula is C26H26N2O2. The molecule has 0 spiro atoms. The average Bonchev–Trinajstić information content (AvgIpc) is 3.60. The lowest BCUT2D eigenvalue weighted by Crippen LogP contribution is -2.28. The summed E-state index contributed by atoms with van der Waals surface area (Å²) in [6.45, 7) is 1.98. The molecule has 30 heavy (non-hydrogen) atoms. The third kappa shape index (κ3) is 3.95. The zero-order chi connectivity index (χ0) is 20.5. The minimum Gasteiger partial charge on any atom is -0.478 e.